The van der Waals surface area contributed by atoms with Gasteiger partial charge in [0.1, 0.15) is 5.75 Å². The zero-order chi connectivity index (χ0) is 10.1. The summed E-state index contributed by atoms with van der Waals surface area (Å²) in [6.45, 7) is 8.69. The predicted octanol–water partition coefficient (Wildman–Crippen LogP) is 3.10. The Labute approximate surface area is 80.7 Å². The average Bonchev–Trinajstić information content (AvgIpc) is 2.02. The van der Waals surface area contributed by atoms with Crippen LogP contribution in [0, 0.1) is 13.0 Å². The quantitative estimate of drug-likeness (QED) is 0.640. The second-order valence-corrected chi connectivity index (χ2v) is 4.30. The second kappa shape index (κ2) is 3.41. The normalized spacial score (nSPS) is 11.5. The van der Waals surface area contributed by atoms with Gasteiger partial charge in [-0.05, 0) is 23.5 Å². The molecule has 1 radical (unpaired) electrons. The SMILES string of the molecule is COc1[c]ccc(C(C)(C)C)c1C. The van der Waals surface area contributed by atoms with Crippen molar-refractivity contribution in [2.45, 2.75) is 33.1 Å². The van der Waals surface area contributed by atoms with Crippen LogP contribution >= 0.6 is 0 Å². The molecule has 0 aliphatic heterocycles. The van der Waals surface area contributed by atoms with Gasteiger partial charge in [-0.1, -0.05) is 32.9 Å². The van der Waals surface area contributed by atoms with Crippen molar-refractivity contribution in [3.8, 4) is 5.75 Å². The van der Waals surface area contributed by atoms with Gasteiger partial charge < -0.3 is 4.74 Å². The summed E-state index contributed by atoms with van der Waals surface area (Å²) in [5.41, 5.74) is 2.69. The van der Waals surface area contributed by atoms with Gasteiger partial charge in [0.25, 0.3) is 0 Å². The van der Waals surface area contributed by atoms with E-state index in [1.807, 2.05) is 6.07 Å². The topological polar surface area (TPSA) is 9.23 Å². The Hall–Kier alpha value is -0.980. The summed E-state index contributed by atoms with van der Waals surface area (Å²) in [5.74, 6) is 0.854. The van der Waals surface area contributed by atoms with Crippen molar-refractivity contribution < 1.29 is 4.74 Å². The molecule has 0 unspecified atom stereocenters. The molecule has 0 fully saturated rings. The molecule has 0 aliphatic carbocycles. The molecule has 0 atom stereocenters. The molecule has 1 heteroatoms. The number of methoxy groups -OCH3 is 1. The van der Waals surface area contributed by atoms with E-state index in [1.165, 1.54) is 11.1 Å². The van der Waals surface area contributed by atoms with Crippen molar-refractivity contribution in [2.75, 3.05) is 7.11 Å². The number of hydrogen-bond acceptors (Lipinski definition) is 1. The molecule has 0 spiro atoms. The summed E-state index contributed by atoms with van der Waals surface area (Å²) in [5, 5.41) is 0. The first kappa shape index (κ1) is 10.1. The smallest absolute Gasteiger partial charge is 0.130 e. The summed E-state index contributed by atoms with van der Waals surface area (Å²) < 4.78 is 5.23. The highest BCUT2D eigenvalue weighted by Gasteiger charge is 2.17. The highest BCUT2D eigenvalue weighted by molar-refractivity contribution is 5.41. The Bertz CT molecular complexity index is 294. The monoisotopic (exact) mass is 177 g/mol. The van der Waals surface area contributed by atoms with Crippen LogP contribution in [-0.4, -0.2) is 7.11 Å². The Morgan fingerprint density at radius 3 is 2.38 bits per heavy atom. The zero-order valence-corrected chi connectivity index (χ0v) is 9.06. The van der Waals surface area contributed by atoms with Gasteiger partial charge in [0.05, 0.1) is 7.11 Å². The lowest BCUT2D eigenvalue weighted by Gasteiger charge is -2.22. The predicted molar refractivity (Wildman–Crippen MR) is 55.3 cm³/mol. The third-order valence-corrected chi connectivity index (χ3v) is 2.22. The minimum absolute atomic E-state index is 0.173. The van der Waals surface area contributed by atoms with Crippen molar-refractivity contribution in [2.24, 2.45) is 0 Å². The Morgan fingerprint density at radius 2 is 1.92 bits per heavy atom. The van der Waals surface area contributed by atoms with Gasteiger partial charge in [-0.2, -0.15) is 0 Å². The first-order valence-corrected chi connectivity index (χ1v) is 4.52. The van der Waals surface area contributed by atoms with Crippen LogP contribution in [0.1, 0.15) is 31.9 Å². The summed E-state index contributed by atoms with van der Waals surface area (Å²) in [6.07, 6.45) is 0. The lowest BCUT2D eigenvalue weighted by atomic mass is 9.84. The van der Waals surface area contributed by atoms with Crippen LogP contribution in [0.3, 0.4) is 0 Å². The molecule has 1 aromatic rings. The fourth-order valence-electron chi connectivity index (χ4n) is 1.58. The molecule has 71 valence electrons. The third kappa shape index (κ3) is 2.03. The maximum Gasteiger partial charge on any atom is 0.130 e. The van der Waals surface area contributed by atoms with Crippen molar-refractivity contribution in [1.82, 2.24) is 0 Å². The highest BCUT2D eigenvalue weighted by Crippen LogP contribution is 2.30. The largest absolute Gasteiger partial charge is 0.496 e. The number of rotatable bonds is 1. The molecule has 0 N–H and O–H groups in total. The van der Waals surface area contributed by atoms with E-state index in [2.05, 4.69) is 39.8 Å². The Morgan fingerprint density at radius 1 is 1.31 bits per heavy atom. The van der Waals surface area contributed by atoms with Gasteiger partial charge in [-0.3, -0.25) is 0 Å². The minimum Gasteiger partial charge on any atom is -0.496 e. The maximum absolute atomic E-state index is 5.23. The second-order valence-electron chi connectivity index (χ2n) is 4.30. The van der Waals surface area contributed by atoms with Crippen LogP contribution in [0.15, 0.2) is 12.1 Å². The van der Waals surface area contributed by atoms with Crippen LogP contribution in [0.25, 0.3) is 0 Å². The van der Waals surface area contributed by atoms with E-state index in [0.29, 0.717) is 0 Å². The fourth-order valence-corrected chi connectivity index (χ4v) is 1.58. The van der Waals surface area contributed by atoms with Crippen LogP contribution in [-0.2, 0) is 5.41 Å². The molecule has 0 aliphatic rings. The van der Waals surface area contributed by atoms with E-state index in [9.17, 15) is 0 Å². The number of hydrogen-bond donors (Lipinski definition) is 0. The van der Waals surface area contributed by atoms with Crippen molar-refractivity contribution in [3.63, 3.8) is 0 Å². The first-order chi connectivity index (χ1) is 5.96. The molecule has 0 saturated heterocycles. The van der Waals surface area contributed by atoms with Gasteiger partial charge in [0.15, 0.2) is 0 Å². The van der Waals surface area contributed by atoms with E-state index in [-0.39, 0.29) is 5.41 Å². The standard InChI is InChI=1S/C12H17O/c1-9-10(12(2,3)4)7-6-8-11(9)13-5/h6-7H,1-5H3. The van der Waals surface area contributed by atoms with Crippen molar-refractivity contribution in [1.29, 1.82) is 0 Å². The van der Waals surface area contributed by atoms with Crippen LogP contribution in [0.5, 0.6) is 5.75 Å². The molecule has 0 saturated carbocycles. The third-order valence-electron chi connectivity index (χ3n) is 2.22. The van der Waals surface area contributed by atoms with E-state index in [1.54, 1.807) is 7.11 Å². The molecule has 1 rings (SSSR count). The van der Waals surface area contributed by atoms with E-state index >= 15 is 0 Å². The van der Waals surface area contributed by atoms with Crippen molar-refractivity contribution >= 4 is 0 Å². The minimum atomic E-state index is 0.173. The lowest BCUT2D eigenvalue weighted by molar-refractivity contribution is 0.408. The van der Waals surface area contributed by atoms with Gasteiger partial charge in [0.2, 0.25) is 0 Å². The van der Waals surface area contributed by atoms with Crippen molar-refractivity contribution in [3.05, 3.63) is 29.3 Å². The van der Waals surface area contributed by atoms with Gasteiger partial charge in [0, 0.05) is 6.07 Å². The molecule has 0 aromatic heterocycles. The highest BCUT2D eigenvalue weighted by atomic mass is 16.5. The molecular formula is C12H17O. The summed E-state index contributed by atoms with van der Waals surface area (Å²) in [4.78, 5) is 0. The first-order valence-electron chi connectivity index (χ1n) is 4.52. The van der Waals surface area contributed by atoms with E-state index in [4.69, 9.17) is 4.74 Å². The number of ether oxygens (including phenoxy) is 1. The molecular weight excluding hydrogens is 160 g/mol. The van der Waals surface area contributed by atoms with Gasteiger partial charge in [-0.25, -0.2) is 0 Å². The molecule has 0 heterocycles. The Balaban J connectivity index is 3.24. The van der Waals surface area contributed by atoms with Crippen LogP contribution in [0.4, 0.5) is 0 Å². The fraction of sp³-hybridized carbons (Fsp3) is 0.500. The van der Waals surface area contributed by atoms with E-state index < -0.39 is 0 Å². The average molecular weight is 177 g/mol. The maximum atomic E-state index is 5.23. The molecule has 0 amide bonds. The van der Waals surface area contributed by atoms with Crippen LogP contribution in [0.2, 0.25) is 0 Å². The summed E-state index contributed by atoms with van der Waals surface area (Å²) >= 11 is 0. The summed E-state index contributed by atoms with van der Waals surface area (Å²) in [6, 6.07) is 7.11. The van der Waals surface area contributed by atoms with E-state index in [0.717, 1.165) is 5.75 Å². The molecule has 0 bridgehead atoms. The van der Waals surface area contributed by atoms with Gasteiger partial charge in [-0.15, -0.1) is 0 Å². The molecule has 1 aromatic carbocycles. The van der Waals surface area contributed by atoms with Crippen LogP contribution < -0.4 is 4.74 Å². The summed E-state index contributed by atoms with van der Waals surface area (Å²) in [7, 11) is 1.69. The molecule has 13 heavy (non-hydrogen) atoms. The van der Waals surface area contributed by atoms with Gasteiger partial charge >= 0.3 is 0 Å². The lowest BCUT2D eigenvalue weighted by Crippen LogP contribution is -2.13. The number of benzene rings is 1. The zero-order valence-electron chi connectivity index (χ0n) is 9.06. The Kier molecular flexibility index (Phi) is 2.65. The molecule has 1 nitrogen and oxygen atoms in total.